The van der Waals surface area contributed by atoms with Crippen LogP contribution in [0.4, 0.5) is 10.1 Å². The van der Waals surface area contributed by atoms with Crippen molar-refractivity contribution in [1.82, 2.24) is 4.98 Å². The molecule has 2 aromatic carbocycles. The minimum absolute atomic E-state index is 0.0493. The van der Waals surface area contributed by atoms with E-state index in [-0.39, 0.29) is 17.5 Å². The predicted molar refractivity (Wildman–Crippen MR) is 97.8 cm³/mol. The second-order valence-electron chi connectivity index (χ2n) is 5.28. The lowest BCUT2D eigenvalue weighted by atomic mass is 10.2. The van der Waals surface area contributed by atoms with Gasteiger partial charge in [0.2, 0.25) is 0 Å². The third-order valence-electron chi connectivity index (χ3n) is 3.29. The first-order valence-electron chi connectivity index (χ1n) is 7.41. The molecule has 0 saturated heterocycles. The number of carbonyl (C=O) groups excluding carboxylic acids is 1. The molecule has 0 aliphatic carbocycles. The van der Waals surface area contributed by atoms with Gasteiger partial charge in [0, 0.05) is 22.3 Å². The Labute approximate surface area is 153 Å². The summed E-state index contributed by atoms with van der Waals surface area (Å²) in [4.78, 5) is 16.3. The summed E-state index contributed by atoms with van der Waals surface area (Å²) in [7, 11) is 0. The van der Waals surface area contributed by atoms with E-state index in [9.17, 15) is 9.18 Å². The van der Waals surface area contributed by atoms with Gasteiger partial charge in [-0.15, -0.1) is 11.3 Å². The normalized spacial score (nSPS) is 10.5. The second kappa shape index (κ2) is 7.63. The number of nitrogens with zero attached hydrogens (tertiary/aromatic N) is 1. The Balaban J connectivity index is 1.55. The lowest BCUT2D eigenvalue weighted by molar-refractivity contribution is -0.118. The lowest BCUT2D eigenvalue weighted by Gasteiger charge is -2.08. The topological polar surface area (TPSA) is 51.2 Å². The van der Waals surface area contributed by atoms with Crippen molar-refractivity contribution in [2.24, 2.45) is 0 Å². The number of amides is 1. The molecule has 128 valence electrons. The van der Waals surface area contributed by atoms with E-state index in [4.69, 9.17) is 16.3 Å². The number of aryl methyl sites for hydroxylation is 1. The zero-order valence-electron chi connectivity index (χ0n) is 13.3. The largest absolute Gasteiger partial charge is 0.484 e. The van der Waals surface area contributed by atoms with E-state index in [0.29, 0.717) is 11.4 Å². The molecule has 0 atom stereocenters. The fourth-order valence-corrected chi connectivity index (χ4v) is 3.08. The molecule has 0 unspecified atom stereocenters. The number of benzene rings is 2. The van der Waals surface area contributed by atoms with Crippen molar-refractivity contribution in [2.45, 2.75) is 6.92 Å². The van der Waals surface area contributed by atoms with E-state index in [0.717, 1.165) is 16.3 Å². The van der Waals surface area contributed by atoms with Gasteiger partial charge in [-0.25, -0.2) is 9.37 Å². The molecule has 0 radical (unpaired) electrons. The lowest BCUT2D eigenvalue weighted by Crippen LogP contribution is -2.20. The first kappa shape index (κ1) is 17.4. The fraction of sp³-hybridized carbons (Fsp3) is 0.111. The zero-order valence-corrected chi connectivity index (χ0v) is 14.8. The van der Waals surface area contributed by atoms with Crippen LogP contribution < -0.4 is 10.1 Å². The molecule has 1 N–H and O–H groups in total. The Morgan fingerprint density at radius 3 is 2.68 bits per heavy atom. The summed E-state index contributed by atoms with van der Waals surface area (Å²) in [5.41, 5.74) is 2.39. The molecule has 4 nitrogen and oxygen atoms in total. The van der Waals surface area contributed by atoms with Crippen molar-refractivity contribution in [1.29, 1.82) is 0 Å². The Morgan fingerprint density at radius 1 is 1.28 bits per heavy atom. The summed E-state index contributed by atoms with van der Waals surface area (Å²) in [6, 6.07) is 11.3. The molecule has 1 heterocycles. The van der Waals surface area contributed by atoms with Gasteiger partial charge in [0.05, 0.1) is 5.02 Å². The summed E-state index contributed by atoms with van der Waals surface area (Å²) in [6.45, 7) is 1.79. The van der Waals surface area contributed by atoms with E-state index >= 15 is 0 Å². The molecular formula is C18H14ClFN2O2S. The van der Waals surface area contributed by atoms with Crippen LogP contribution in [0.25, 0.3) is 10.6 Å². The maximum absolute atomic E-state index is 13.1. The average molecular weight is 377 g/mol. The van der Waals surface area contributed by atoms with Crippen molar-refractivity contribution in [3.8, 4) is 16.3 Å². The quantitative estimate of drug-likeness (QED) is 0.687. The molecule has 0 aliphatic rings. The highest BCUT2D eigenvalue weighted by molar-refractivity contribution is 7.13. The number of hydrogen-bond acceptors (Lipinski definition) is 4. The number of aromatic nitrogens is 1. The highest BCUT2D eigenvalue weighted by Crippen LogP contribution is 2.25. The van der Waals surface area contributed by atoms with Gasteiger partial charge in [-0.3, -0.25) is 4.79 Å². The van der Waals surface area contributed by atoms with Gasteiger partial charge in [-0.2, -0.15) is 0 Å². The standard InChI is InChI=1S/C18H14ClFN2O2S/c1-11-10-25-18(21-11)12-2-5-14(6-3-12)24-9-17(23)22-13-4-7-16(20)15(19)8-13/h2-8,10H,9H2,1H3,(H,22,23). The first-order chi connectivity index (χ1) is 12.0. The molecule has 0 saturated carbocycles. The first-order valence-corrected chi connectivity index (χ1v) is 8.67. The Morgan fingerprint density at radius 2 is 2.04 bits per heavy atom. The smallest absolute Gasteiger partial charge is 0.262 e. The van der Waals surface area contributed by atoms with Crippen LogP contribution in [0.1, 0.15) is 5.69 Å². The summed E-state index contributed by atoms with van der Waals surface area (Å²) < 4.78 is 18.5. The number of anilines is 1. The minimum atomic E-state index is -0.536. The van der Waals surface area contributed by atoms with Gasteiger partial charge < -0.3 is 10.1 Å². The van der Waals surface area contributed by atoms with Gasteiger partial charge in [0.15, 0.2) is 6.61 Å². The number of carbonyl (C=O) groups is 1. The molecule has 0 bridgehead atoms. The van der Waals surface area contributed by atoms with E-state index in [1.807, 2.05) is 24.4 Å². The summed E-state index contributed by atoms with van der Waals surface area (Å²) >= 11 is 7.25. The van der Waals surface area contributed by atoms with E-state index < -0.39 is 5.82 Å². The van der Waals surface area contributed by atoms with Gasteiger partial charge in [0.25, 0.3) is 5.91 Å². The maximum Gasteiger partial charge on any atom is 0.262 e. The van der Waals surface area contributed by atoms with Crippen LogP contribution in [0.5, 0.6) is 5.75 Å². The number of halogens is 2. The number of ether oxygens (including phenoxy) is 1. The van der Waals surface area contributed by atoms with Crippen molar-refractivity contribution >= 4 is 34.5 Å². The SMILES string of the molecule is Cc1csc(-c2ccc(OCC(=O)Nc3ccc(F)c(Cl)c3)cc2)n1. The van der Waals surface area contributed by atoms with Gasteiger partial charge in [-0.05, 0) is 49.4 Å². The van der Waals surface area contributed by atoms with Crippen molar-refractivity contribution in [2.75, 3.05) is 11.9 Å². The zero-order chi connectivity index (χ0) is 17.8. The van der Waals surface area contributed by atoms with Crippen molar-refractivity contribution in [3.05, 3.63) is 64.4 Å². The highest BCUT2D eigenvalue weighted by Gasteiger charge is 2.07. The minimum Gasteiger partial charge on any atom is -0.484 e. The summed E-state index contributed by atoms with van der Waals surface area (Å²) in [5.74, 6) is -0.321. The van der Waals surface area contributed by atoms with Crippen molar-refractivity contribution in [3.63, 3.8) is 0 Å². The van der Waals surface area contributed by atoms with Gasteiger partial charge in [-0.1, -0.05) is 11.6 Å². The van der Waals surface area contributed by atoms with Crippen molar-refractivity contribution < 1.29 is 13.9 Å². The van der Waals surface area contributed by atoms with E-state index in [1.165, 1.54) is 18.2 Å². The number of rotatable bonds is 5. The molecule has 1 aromatic heterocycles. The van der Waals surface area contributed by atoms with Crippen LogP contribution in [0.3, 0.4) is 0 Å². The van der Waals surface area contributed by atoms with Crippen LogP contribution in [0.15, 0.2) is 47.8 Å². The average Bonchev–Trinajstić information content (AvgIpc) is 3.03. The molecule has 0 spiro atoms. The number of hydrogen-bond donors (Lipinski definition) is 1. The van der Waals surface area contributed by atoms with Crippen LogP contribution in [-0.2, 0) is 4.79 Å². The molecule has 0 aliphatic heterocycles. The number of nitrogens with one attached hydrogen (secondary N) is 1. The Kier molecular flexibility index (Phi) is 5.31. The molecule has 3 aromatic rings. The molecule has 1 amide bonds. The van der Waals surface area contributed by atoms with Crippen LogP contribution in [0, 0.1) is 12.7 Å². The predicted octanol–water partition coefficient (Wildman–Crippen LogP) is 4.93. The van der Waals surface area contributed by atoms with Crippen LogP contribution in [-0.4, -0.2) is 17.5 Å². The third kappa shape index (κ3) is 4.55. The third-order valence-corrected chi connectivity index (χ3v) is 4.59. The molecular weight excluding hydrogens is 363 g/mol. The second-order valence-corrected chi connectivity index (χ2v) is 6.55. The molecule has 25 heavy (non-hydrogen) atoms. The van der Waals surface area contributed by atoms with Crippen LogP contribution >= 0.6 is 22.9 Å². The molecule has 3 rings (SSSR count). The molecule has 0 fully saturated rings. The molecule has 7 heteroatoms. The highest BCUT2D eigenvalue weighted by atomic mass is 35.5. The summed E-state index contributed by atoms with van der Waals surface area (Å²) in [6.07, 6.45) is 0. The monoisotopic (exact) mass is 376 g/mol. The Hall–Kier alpha value is -2.44. The van der Waals surface area contributed by atoms with Crippen LogP contribution in [0.2, 0.25) is 5.02 Å². The van der Waals surface area contributed by atoms with E-state index in [1.54, 1.807) is 23.5 Å². The number of thiazole rings is 1. The Bertz CT molecular complexity index is 896. The van der Waals surface area contributed by atoms with Gasteiger partial charge >= 0.3 is 0 Å². The maximum atomic E-state index is 13.1. The van der Waals surface area contributed by atoms with E-state index in [2.05, 4.69) is 10.3 Å². The fourth-order valence-electron chi connectivity index (χ4n) is 2.10. The summed E-state index contributed by atoms with van der Waals surface area (Å²) in [5, 5.41) is 5.48. The van der Waals surface area contributed by atoms with Gasteiger partial charge in [0.1, 0.15) is 16.6 Å².